The summed E-state index contributed by atoms with van der Waals surface area (Å²) in [5, 5.41) is 0. The lowest BCUT2D eigenvalue weighted by molar-refractivity contribution is -0.173. The molecule has 1 aromatic carbocycles. The topological polar surface area (TPSA) is 75.9 Å². The Kier molecular flexibility index (Phi) is 5.68. The first kappa shape index (κ1) is 21.3. The Morgan fingerprint density at radius 2 is 2.03 bits per heavy atom. The quantitative estimate of drug-likeness (QED) is 0.599. The molecule has 2 saturated heterocycles. The van der Waals surface area contributed by atoms with Crippen LogP contribution in [0.25, 0.3) is 0 Å². The van der Waals surface area contributed by atoms with Crippen LogP contribution < -0.4 is 0 Å². The van der Waals surface area contributed by atoms with Crippen LogP contribution in [0.1, 0.15) is 22.8 Å². The maximum Gasteiger partial charge on any atom is 0.257 e. The number of nitrogens with zero attached hydrogens (tertiary/aromatic N) is 3. The SMILES string of the molecule is O=C(Cc1ccco1)N1CC(c2cccnc2)C2(C1)OCCN(Cc1ccc(F)cc1)C2=O. The number of hydrogen-bond acceptors (Lipinski definition) is 5. The molecule has 0 aliphatic carbocycles. The van der Waals surface area contributed by atoms with Gasteiger partial charge >= 0.3 is 0 Å². The molecule has 8 heteroatoms. The van der Waals surface area contributed by atoms with Crippen molar-refractivity contribution in [3.8, 4) is 0 Å². The lowest BCUT2D eigenvalue weighted by Crippen LogP contribution is -2.60. The highest BCUT2D eigenvalue weighted by Gasteiger charge is 2.58. The Bertz CT molecular complexity index is 1120. The Morgan fingerprint density at radius 3 is 2.76 bits per heavy atom. The van der Waals surface area contributed by atoms with Crippen molar-refractivity contribution in [2.75, 3.05) is 26.2 Å². The second kappa shape index (κ2) is 8.78. The summed E-state index contributed by atoms with van der Waals surface area (Å²) in [7, 11) is 0. The lowest BCUT2D eigenvalue weighted by atomic mass is 9.83. The normalized spacial score (nSPS) is 22.8. The summed E-state index contributed by atoms with van der Waals surface area (Å²) in [5.41, 5.74) is 0.492. The standard InChI is InChI=1S/C25H24FN3O4/c26-20-7-5-18(6-8-20)15-28-10-12-33-25(24(28)31)17-29(23(30)13-21-4-2-11-32-21)16-22(25)19-3-1-9-27-14-19/h1-9,11,14,22H,10,12-13,15-17H2. The molecule has 2 atom stereocenters. The summed E-state index contributed by atoms with van der Waals surface area (Å²) in [6.45, 7) is 1.64. The van der Waals surface area contributed by atoms with Gasteiger partial charge in [-0.05, 0) is 41.5 Å². The summed E-state index contributed by atoms with van der Waals surface area (Å²) in [4.78, 5) is 34.5. The third kappa shape index (κ3) is 4.14. The molecule has 0 N–H and O–H groups in total. The molecule has 1 spiro atoms. The number of hydrogen-bond donors (Lipinski definition) is 0. The highest BCUT2D eigenvalue weighted by molar-refractivity contribution is 5.90. The van der Waals surface area contributed by atoms with Crippen molar-refractivity contribution < 1.29 is 23.1 Å². The molecule has 170 valence electrons. The number of carbonyl (C=O) groups excluding carboxylic acids is 2. The van der Waals surface area contributed by atoms with E-state index in [0.29, 0.717) is 32.0 Å². The summed E-state index contributed by atoms with van der Waals surface area (Å²) in [6.07, 6.45) is 5.06. The van der Waals surface area contributed by atoms with Crippen LogP contribution >= 0.6 is 0 Å². The molecule has 3 aromatic rings. The third-order valence-corrected chi connectivity index (χ3v) is 6.39. The van der Waals surface area contributed by atoms with Crippen LogP contribution in [0.4, 0.5) is 4.39 Å². The van der Waals surface area contributed by atoms with Gasteiger partial charge in [-0.15, -0.1) is 0 Å². The molecular formula is C25H24FN3O4. The first-order chi connectivity index (χ1) is 16.0. The molecule has 2 fully saturated rings. The largest absolute Gasteiger partial charge is 0.469 e. The summed E-state index contributed by atoms with van der Waals surface area (Å²) >= 11 is 0. The van der Waals surface area contributed by atoms with E-state index in [1.54, 1.807) is 46.5 Å². The van der Waals surface area contributed by atoms with Gasteiger partial charge in [-0.25, -0.2) is 4.39 Å². The smallest absolute Gasteiger partial charge is 0.257 e. The number of benzene rings is 1. The maximum atomic E-state index is 13.8. The van der Waals surface area contributed by atoms with Gasteiger partial charge in [-0.3, -0.25) is 14.6 Å². The highest BCUT2D eigenvalue weighted by atomic mass is 19.1. The minimum Gasteiger partial charge on any atom is -0.469 e. The minimum atomic E-state index is -1.19. The average molecular weight is 449 g/mol. The number of aromatic nitrogens is 1. The van der Waals surface area contributed by atoms with Gasteiger partial charge in [0.05, 0.1) is 25.8 Å². The number of ether oxygens (including phenoxy) is 1. The van der Waals surface area contributed by atoms with Crippen LogP contribution in [-0.4, -0.2) is 58.4 Å². The van der Waals surface area contributed by atoms with Crippen molar-refractivity contribution in [3.05, 3.63) is 89.9 Å². The van der Waals surface area contributed by atoms with Crippen molar-refractivity contribution in [2.24, 2.45) is 0 Å². The zero-order valence-corrected chi connectivity index (χ0v) is 18.0. The van der Waals surface area contributed by atoms with Crippen molar-refractivity contribution in [3.63, 3.8) is 0 Å². The molecule has 0 bridgehead atoms. The van der Waals surface area contributed by atoms with Gasteiger partial charge < -0.3 is 19.0 Å². The van der Waals surface area contributed by atoms with Crippen molar-refractivity contribution in [2.45, 2.75) is 24.5 Å². The fraction of sp³-hybridized carbons (Fsp3) is 0.320. The van der Waals surface area contributed by atoms with Crippen LogP contribution in [0, 0.1) is 5.82 Å². The number of rotatable bonds is 5. The number of amides is 2. The van der Waals surface area contributed by atoms with Gasteiger partial charge in [0.1, 0.15) is 11.6 Å². The minimum absolute atomic E-state index is 0.121. The highest BCUT2D eigenvalue weighted by Crippen LogP contribution is 2.42. The predicted octanol–water partition coefficient (Wildman–Crippen LogP) is 2.78. The molecule has 2 amide bonds. The van der Waals surface area contributed by atoms with E-state index in [0.717, 1.165) is 11.1 Å². The lowest BCUT2D eigenvalue weighted by Gasteiger charge is -2.42. The van der Waals surface area contributed by atoms with E-state index in [-0.39, 0.29) is 36.5 Å². The number of pyridine rings is 1. The molecule has 2 unspecified atom stereocenters. The number of likely N-dealkylation sites (tertiary alicyclic amines) is 1. The van der Waals surface area contributed by atoms with E-state index in [1.165, 1.54) is 18.4 Å². The first-order valence-electron chi connectivity index (χ1n) is 10.9. The summed E-state index contributed by atoms with van der Waals surface area (Å²) in [5.74, 6) is -0.382. The molecule has 2 aliphatic rings. The zero-order chi connectivity index (χ0) is 22.8. The Labute approximate surface area is 190 Å². The Morgan fingerprint density at radius 1 is 1.18 bits per heavy atom. The van der Waals surface area contributed by atoms with E-state index in [4.69, 9.17) is 9.15 Å². The molecule has 4 heterocycles. The van der Waals surface area contributed by atoms with E-state index in [2.05, 4.69) is 4.98 Å². The second-order valence-corrected chi connectivity index (χ2v) is 8.46. The predicted molar refractivity (Wildman–Crippen MR) is 116 cm³/mol. The van der Waals surface area contributed by atoms with Crippen molar-refractivity contribution in [1.29, 1.82) is 0 Å². The molecule has 7 nitrogen and oxygen atoms in total. The molecule has 33 heavy (non-hydrogen) atoms. The van der Waals surface area contributed by atoms with E-state index in [9.17, 15) is 14.0 Å². The number of morpholine rings is 1. The summed E-state index contributed by atoms with van der Waals surface area (Å²) in [6, 6.07) is 13.4. The van der Waals surface area contributed by atoms with Gasteiger partial charge in [-0.1, -0.05) is 18.2 Å². The van der Waals surface area contributed by atoms with E-state index < -0.39 is 5.60 Å². The average Bonchev–Trinajstić information content (AvgIpc) is 3.48. The van der Waals surface area contributed by atoms with E-state index in [1.807, 2.05) is 12.1 Å². The van der Waals surface area contributed by atoms with Crippen LogP contribution in [0.2, 0.25) is 0 Å². The van der Waals surface area contributed by atoms with Crippen molar-refractivity contribution in [1.82, 2.24) is 14.8 Å². The number of furan rings is 1. The second-order valence-electron chi connectivity index (χ2n) is 8.46. The van der Waals surface area contributed by atoms with Crippen LogP contribution in [-0.2, 0) is 27.3 Å². The monoisotopic (exact) mass is 449 g/mol. The third-order valence-electron chi connectivity index (χ3n) is 6.39. The van der Waals surface area contributed by atoms with Gasteiger partial charge in [0.15, 0.2) is 5.60 Å². The molecular weight excluding hydrogens is 425 g/mol. The van der Waals surface area contributed by atoms with Crippen LogP contribution in [0.5, 0.6) is 0 Å². The van der Waals surface area contributed by atoms with Gasteiger partial charge in [0, 0.05) is 37.9 Å². The van der Waals surface area contributed by atoms with Gasteiger partial charge in [0.2, 0.25) is 5.91 Å². The van der Waals surface area contributed by atoms with Crippen LogP contribution in [0.3, 0.4) is 0 Å². The van der Waals surface area contributed by atoms with Gasteiger partial charge in [0.25, 0.3) is 5.91 Å². The fourth-order valence-corrected chi connectivity index (χ4v) is 4.74. The molecule has 2 aromatic heterocycles. The number of halogens is 1. The Hall–Kier alpha value is -3.52. The Balaban J connectivity index is 1.43. The first-order valence-corrected chi connectivity index (χ1v) is 10.9. The van der Waals surface area contributed by atoms with Gasteiger partial charge in [-0.2, -0.15) is 0 Å². The molecule has 2 aliphatic heterocycles. The van der Waals surface area contributed by atoms with Crippen LogP contribution in [0.15, 0.2) is 71.6 Å². The number of carbonyl (C=O) groups is 2. The fourth-order valence-electron chi connectivity index (χ4n) is 4.74. The molecule has 5 rings (SSSR count). The van der Waals surface area contributed by atoms with Crippen molar-refractivity contribution >= 4 is 11.8 Å². The zero-order valence-electron chi connectivity index (χ0n) is 18.0. The maximum absolute atomic E-state index is 13.8. The summed E-state index contributed by atoms with van der Waals surface area (Å²) < 4.78 is 24.9. The molecule has 0 radical (unpaired) electrons. The molecule has 0 saturated carbocycles. The van der Waals surface area contributed by atoms with E-state index >= 15 is 0 Å².